The van der Waals surface area contributed by atoms with E-state index < -0.39 is 17.9 Å². The van der Waals surface area contributed by atoms with Crippen LogP contribution in [0, 0.1) is 12.3 Å². The van der Waals surface area contributed by atoms with Crippen molar-refractivity contribution in [1.29, 1.82) is 0 Å². The number of carboxylic acids is 1. The zero-order valence-electron chi connectivity index (χ0n) is 8.11. The Hall–Kier alpha value is -1.99. The van der Waals surface area contributed by atoms with E-state index in [0.717, 1.165) is 0 Å². The van der Waals surface area contributed by atoms with Gasteiger partial charge in [0.05, 0.1) is 0 Å². The fourth-order valence-corrected chi connectivity index (χ4v) is 1.40. The minimum Gasteiger partial charge on any atom is -0.479 e. The molecule has 0 aliphatic rings. The van der Waals surface area contributed by atoms with E-state index >= 15 is 0 Å². The van der Waals surface area contributed by atoms with Gasteiger partial charge in [-0.1, -0.05) is 29.8 Å². The number of amides is 1. The largest absolute Gasteiger partial charge is 0.479 e. The first-order valence-corrected chi connectivity index (χ1v) is 4.68. The number of carbonyl (C=O) groups excluding carboxylic acids is 1. The molecule has 0 aliphatic carbocycles. The Balaban J connectivity index is 3.05. The summed E-state index contributed by atoms with van der Waals surface area (Å²) in [5, 5.41) is 11.4. The summed E-state index contributed by atoms with van der Waals surface area (Å²) in [7, 11) is 0. The number of aliphatic carboxylic acids is 1. The van der Waals surface area contributed by atoms with Gasteiger partial charge in [-0.25, -0.2) is 4.79 Å². The van der Waals surface area contributed by atoms with Crippen molar-refractivity contribution in [2.75, 3.05) is 0 Å². The summed E-state index contributed by atoms with van der Waals surface area (Å²) in [6.45, 7) is 0. The van der Waals surface area contributed by atoms with Crippen molar-refractivity contribution in [3.05, 3.63) is 34.9 Å². The molecule has 82 valence electrons. The zero-order chi connectivity index (χ0) is 12.1. The standard InChI is InChI=1S/C11H8ClNO3/c1-2-9(14)13-10(11(15)16)7-5-3-4-6-8(7)12/h1,3-6,10H,(H,13,14)(H,15,16)/t10-/m1/s1. The molecular weight excluding hydrogens is 230 g/mol. The Morgan fingerprint density at radius 2 is 2.06 bits per heavy atom. The summed E-state index contributed by atoms with van der Waals surface area (Å²) in [6, 6.07) is 5.09. The average Bonchev–Trinajstić information content (AvgIpc) is 2.26. The minimum absolute atomic E-state index is 0.257. The molecule has 0 unspecified atom stereocenters. The van der Waals surface area contributed by atoms with E-state index in [2.05, 4.69) is 5.32 Å². The predicted octanol–water partition coefficient (Wildman–Crippen LogP) is 1.22. The molecular formula is C11H8ClNO3. The first-order valence-electron chi connectivity index (χ1n) is 4.30. The van der Waals surface area contributed by atoms with Gasteiger partial charge in [-0.05, 0) is 12.0 Å². The first-order chi connectivity index (χ1) is 7.56. The van der Waals surface area contributed by atoms with Crippen LogP contribution in [0.1, 0.15) is 11.6 Å². The second-order valence-electron chi connectivity index (χ2n) is 2.91. The highest BCUT2D eigenvalue weighted by Gasteiger charge is 2.23. The Kier molecular flexibility index (Phi) is 3.92. The molecule has 1 amide bonds. The lowest BCUT2D eigenvalue weighted by Gasteiger charge is -2.14. The van der Waals surface area contributed by atoms with Gasteiger partial charge in [0.25, 0.3) is 5.91 Å². The van der Waals surface area contributed by atoms with E-state index in [9.17, 15) is 9.59 Å². The van der Waals surface area contributed by atoms with Crippen LogP contribution >= 0.6 is 11.6 Å². The molecule has 1 aromatic carbocycles. The molecule has 0 bridgehead atoms. The van der Waals surface area contributed by atoms with Crippen molar-refractivity contribution in [3.8, 4) is 12.3 Å². The van der Waals surface area contributed by atoms with E-state index in [4.69, 9.17) is 23.1 Å². The average molecular weight is 238 g/mol. The molecule has 5 heteroatoms. The number of halogens is 1. The van der Waals surface area contributed by atoms with Crippen molar-refractivity contribution < 1.29 is 14.7 Å². The summed E-state index contributed by atoms with van der Waals surface area (Å²) in [6.07, 6.45) is 4.85. The summed E-state index contributed by atoms with van der Waals surface area (Å²) in [5.41, 5.74) is 0.292. The van der Waals surface area contributed by atoms with E-state index in [1.165, 1.54) is 12.1 Å². The second-order valence-corrected chi connectivity index (χ2v) is 3.32. The highest BCUT2D eigenvalue weighted by Crippen LogP contribution is 2.22. The molecule has 0 saturated heterocycles. The molecule has 1 atom stereocenters. The summed E-state index contributed by atoms with van der Waals surface area (Å²) in [5.74, 6) is -0.241. The van der Waals surface area contributed by atoms with Gasteiger partial charge in [0.1, 0.15) is 0 Å². The summed E-state index contributed by atoms with van der Waals surface area (Å²) < 4.78 is 0. The molecule has 0 saturated carbocycles. The van der Waals surface area contributed by atoms with E-state index in [1.807, 2.05) is 0 Å². The van der Waals surface area contributed by atoms with E-state index in [-0.39, 0.29) is 5.02 Å². The topological polar surface area (TPSA) is 66.4 Å². The summed E-state index contributed by atoms with van der Waals surface area (Å²) >= 11 is 5.82. The monoisotopic (exact) mass is 237 g/mol. The van der Waals surface area contributed by atoms with E-state index in [1.54, 1.807) is 18.1 Å². The molecule has 2 N–H and O–H groups in total. The van der Waals surface area contributed by atoms with Gasteiger partial charge in [0.15, 0.2) is 6.04 Å². The number of rotatable bonds is 3. The van der Waals surface area contributed by atoms with Crippen LogP contribution < -0.4 is 5.32 Å². The van der Waals surface area contributed by atoms with Gasteiger partial charge in [0.2, 0.25) is 0 Å². The number of carboxylic acid groups (broad SMARTS) is 1. The molecule has 0 aromatic heterocycles. The Bertz CT molecular complexity index is 465. The van der Waals surface area contributed by atoms with Crippen LogP contribution in [0.15, 0.2) is 24.3 Å². The molecule has 0 spiro atoms. The van der Waals surface area contributed by atoms with Crippen LogP contribution in [0.3, 0.4) is 0 Å². The SMILES string of the molecule is C#CC(=O)N[C@@H](C(=O)O)c1ccccc1Cl. The molecule has 0 radical (unpaired) electrons. The lowest BCUT2D eigenvalue weighted by molar-refractivity contribution is -0.141. The smallest absolute Gasteiger partial charge is 0.330 e. The van der Waals surface area contributed by atoms with Crippen molar-refractivity contribution in [3.63, 3.8) is 0 Å². The van der Waals surface area contributed by atoms with Crippen LogP contribution in [0.4, 0.5) is 0 Å². The normalized spacial score (nSPS) is 11.2. The number of benzene rings is 1. The lowest BCUT2D eigenvalue weighted by atomic mass is 10.1. The third kappa shape index (κ3) is 2.75. The van der Waals surface area contributed by atoms with Gasteiger partial charge in [-0.15, -0.1) is 6.42 Å². The third-order valence-electron chi connectivity index (χ3n) is 1.87. The third-order valence-corrected chi connectivity index (χ3v) is 2.21. The van der Waals surface area contributed by atoms with Gasteiger partial charge < -0.3 is 10.4 Å². The maximum atomic E-state index is 11.0. The van der Waals surface area contributed by atoms with Crippen LogP contribution in [-0.2, 0) is 9.59 Å². The molecule has 0 heterocycles. The molecule has 4 nitrogen and oxygen atoms in total. The molecule has 1 aromatic rings. The Labute approximate surface area is 97.2 Å². The van der Waals surface area contributed by atoms with Gasteiger partial charge in [0, 0.05) is 10.6 Å². The van der Waals surface area contributed by atoms with Crippen molar-refractivity contribution in [1.82, 2.24) is 5.32 Å². The second kappa shape index (κ2) is 5.19. The first kappa shape index (κ1) is 12.1. The van der Waals surface area contributed by atoms with Crippen molar-refractivity contribution >= 4 is 23.5 Å². The highest BCUT2D eigenvalue weighted by molar-refractivity contribution is 6.31. The Morgan fingerprint density at radius 1 is 1.44 bits per heavy atom. The molecule has 0 fully saturated rings. The van der Waals surface area contributed by atoms with Crippen LogP contribution in [-0.4, -0.2) is 17.0 Å². The number of nitrogens with one attached hydrogen (secondary N) is 1. The number of carbonyl (C=O) groups is 2. The molecule has 0 aliphatic heterocycles. The maximum Gasteiger partial charge on any atom is 0.330 e. The molecule has 16 heavy (non-hydrogen) atoms. The number of hydrogen-bond acceptors (Lipinski definition) is 2. The predicted molar refractivity (Wildman–Crippen MR) is 58.8 cm³/mol. The minimum atomic E-state index is -1.24. The van der Waals surface area contributed by atoms with Crippen LogP contribution in [0.2, 0.25) is 5.02 Å². The van der Waals surface area contributed by atoms with Crippen LogP contribution in [0.5, 0.6) is 0 Å². The summed E-state index contributed by atoms with van der Waals surface area (Å²) in [4.78, 5) is 21.9. The number of terminal acetylenes is 1. The zero-order valence-corrected chi connectivity index (χ0v) is 8.86. The van der Waals surface area contributed by atoms with Crippen molar-refractivity contribution in [2.45, 2.75) is 6.04 Å². The van der Waals surface area contributed by atoms with Gasteiger partial charge in [-0.3, -0.25) is 4.79 Å². The fraction of sp³-hybridized carbons (Fsp3) is 0.0909. The molecule has 1 rings (SSSR count). The number of hydrogen-bond donors (Lipinski definition) is 2. The fourth-order valence-electron chi connectivity index (χ4n) is 1.15. The highest BCUT2D eigenvalue weighted by atomic mass is 35.5. The Morgan fingerprint density at radius 3 is 2.56 bits per heavy atom. The lowest BCUT2D eigenvalue weighted by Crippen LogP contribution is -2.32. The van der Waals surface area contributed by atoms with Crippen LogP contribution in [0.25, 0.3) is 0 Å². The van der Waals surface area contributed by atoms with E-state index in [0.29, 0.717) is 5.56 Å². The van der Waals surface area contributed by atoms with Crippen molar-refractivity contribution in [2.24, 2.45) is 0 Å². The van der Waals surface area contributed by atoms with Gasteiger partial charge in [-0.2, -0.15) is 0 Å². The quantitative estimate of drug-likeness (QED) is 0.777. The van der Waals surface area contributed by atoms with Gasteiger partial charge >= 0.3 is 5.97 Å². The maximum absolute atomic E-state index is 11.0.